The molecule has 2 aromatic heterocycles. The minimum Gasteiger partial charge on any atom is -0.387 e. The van der Waals surface area contributed by atoms with Gasteiger partial charge in [0.15, 0.2) is 23.2 Å². The highest BCUT2D eigenvalue weighted by Gasteiger charge is 2.65. The van der Waals surface area contributed by atoms with Crippen LogP contribution in [0.25, 0.3) is 11.2 Å². The second kappa shape index (κ2) is 7.27. The number of halogens is 1. The number of hydrogen-bond donors (Lipinski definition) is 3. The molecule has 10 nitrogen and oxygen atoms in total. The third-order valence-corrected chi connectivity index (χ3v) is 5.98. The van der Waals surface area contributed by atoms with E-state index in [4.69, 9.17) is 9.47 Å². The number of benzene rings is 1. The van der Waals surface area contributed by atoms with Crippen LogP contribution in [0.4, 0.5) is 5.82 Å². The number of hydrogen-bond acceptors (Lipinski definition) is 8. The van der Waals surface area contributed by atoms with Crippen LogP contribution in [-0.2, 0) is 20.8 Å². The van der Waals surface area contributed by atoms with Crippen molar-refractivity contribution in [3.05, 3.63) is 47.0 Å². The van der Waals surface area contributed by atoms with Gasteiger partial charge in [0.1, 0.15) is 18.5 Å². The summed E-state index contributed by atoms with van der Waals surface area (Å²) in [6.45, 7) is 0.554. The summed E-state index contributed by atoms with van der Waals surface area (Å²) >= 11 is 3.47. The number of anilines is 1. The number of aliphatic hydroxyl groups is 1. The molecule has 2 aliphatic rings. The van der Waals surface area contributed by atoms with Crippen molar-refractivity contribution in [2.75, 3.05) is 19.0 Å². The van der Waals surface area contributed by atoms with Gasteiger partial charge in [-0.2, -0.15) is 0 Å². The molecule has 4 atom stereocenters. The molecule has 1 aromatic carbocycles. The molecule has 2 fully saturated rings. The monoisotopic (exact) mass is 474 g/mol. The van der Waals surface area contributed by atoms with Crippen LogP contribution in [0.15, 0.2) is 41.4 Å². The number of imidazole rings is 1. The first-order chi connectivity index (χ1) is 14.5. The van der Waals surface area contributed by atoms with E-state index in [0.717, 1.165) is 10.0 Å². The van der Waals surface area contributed by atoms with Gasteiger partial charge in [0.25, 0.3) is 5.91 Å². The summed E-state index contributed by atoms with van der Waals surface area (Å²) in [6.07, 6.45) is 0.471. The number of rotatable bonds is 5. The van der Waals surface area contributed by atoms with Crippen molar-refractivity contribution >= 4 is 38.8 Å². The number of aromatic nitrogens is 4. The highest BCUT2D eigenvalue weighted by molar-refractivity contribution is 9.10. The number of amides is 1. The molecule has 2 aliphatic heterocycles. The third kappa shape index (κ3) is 2.88. The van der Waals surface area contributed by atoms with Crippen molar-refractivity contribution in [3.63, 3.8) is 0 Å². The topological polar surface area (TPSA) is 123 Å². The Morgan fingerprint density at radius 1 is 1.40 bits per heavy atom. The van der Waals surface area contributed by atoms with Gasteiger partial charge < -0.3 is 25.2 Å². The largest absolute Gasteiger partial charge is 0.387 e. The lowest BCUT2D eigenvalue weighted by Gasteiger charge is -2.29. The van der Waals surface area contributed by atoms with Crippen LogP contribution in [0.3, 0.4) is 0 Å². The predicted molar refractivity (Wildman–Crippen MR) is 109 cm³/mol. The van der Waals surface area contributed by atoms with Crippen molar-refractivity contribution in [2.24, 2.45) is 0 Å². The fourth-order valence-corrected chi connectivity index (χ4v) is 4.41. The van der Waals surface area contributed by atoms with Crippen molar-refractivity contribution < 1.29 is 19.4 Å². The molecular formula is C19H19BrN6O4. The molecule has 0 saturated carbocycles. The number of carbonyl (C=O) groups excluding carboxylic acids is 1. The standard InChI is InChI=1S/C19H19BrN6O4/c1-21-18(28)19-7-29-13(14(19)27)17(30-19)26-9-25-12-15(23-8-24-16(12)26)22-6-10-3-2-4-11(20)5-10/h2-5,8-9,13-14,17,27H,6-7H2,1H3,(H,21,28)(H,22,23,24)/t13?,14?,17-,19-/m1/s1. The molecule has 5 rings (SSSR count). The smallest absolute Gasteiger partial charge is 0.257 e. The van der Waals surface area contributed by atoms with E-state index in [-0.39, 0.29) is 6.61 Å². The molecule has 0 radical (unpaired) electrons. The predicted octanol–water partition coefficient (Wildman–Crippen LogP) is 0.974. The summed E-state index contributed by atoms with van der Waals surface area (Å²) in [5.74, 6) is 0.153. The summed E-state index contributed by atoms with van der Waals surface area (Å²) in [5, 5.41) is 16.4. The molecular weight excluding hydrogens is 456 g/mol. The fraction of sp³-hybridized carbons (Fsp3) is 0.368. The van der Waals surface area contributed by atoms with Crippen LogP contribution in [0.2, 0.25) is 0 Å². The Morgan fingerprint density at radius 2 is 2.27 bits per heavy atom. The van der Waals surface area contributed by atoms with Crippen LogP contribution in [-0.4, -0.2) is 62.0 Å². The third-order valence-electron chi connectivity index (χ3n) is 5.48. The maximum atomic E-state index is 12.3. The summed E-state index contributed by atoms with van der Waals surface area (Å²) in [6, 6.07) is 7.95. The van der Waals surface area contributed by atoms with Crippen molar-refractivity contribution in [3.8, 4) is 0 Å². The summed E-state index contributed by atoms with van der Waals surface area (Å²) in [5.41, 5.74) is 0.718. The van der Waals surface area contributed by atoms with Gasteiger partial charge in [0.05, 0.1) is 12.9 Å². The molecule has 30 heavy (non-hydrogen) atoms. The van der Waals surface area contributed by atoms with E-state index in [2.05, 4.69) is 41.5 Å². The SMILES string of the molecule is CNC(=O)[C@@]12COC(C1O)[C@H](n1cnc3c(NCc4cccc(Br)c4)ncnc31)O2. The van der Waals surface area contributed by atoms with E-state index in [9.17, 15) is 9.90 Å². The average molecular weight is 475 g/mol. The lowest BCUT2D eigenvalue weighted by molar-refractivity contribution is -0.184. The molecule has 0 aliphatic carbocycles. The number of nitrogens with zero attached hydrogens (tertiary/aromatic N) is 4. The molecule has 4 heterocycles. The van der Waals surface area contributed by atoms with Gasteiger partial charge in [-0.1, -0.05) is 28.1 Å². The van der Waals surface area contributed by atoms with Crippen LogP contribution in [0.5, 0.6) is 0 Å². The van der Waals surface area contributed by atoms with E-state index in [0.29, 0.717) is 23.5 Å². The highest BCUT2D eigenvalue weighted by Crippen LogP contribution is 2.45. The van der Waals surface area contributed by atoms with Gasteiger partial charge in [-0.25, -0.2) is 15.0 Å². The first kappa shape index (κ1) is 19.4. The van der Waals surface area contributed by atoms with Gasteiger partial charge in [0, 0.05) is 18.1 Å². The zero-order valence-corrected chi connectivity index (χ0v) is 17.5. The maximum Gasteiger partial charge on any atom is 0.257 e. The summed E-state index contributed by atoms with van der Waals surface area (Å²) < 4.78 is 14.3. The Labute approximate surface area is 179 Å². The number of ether oxygens (including phenoxy) is 2. The second-order valence-electron chi connectivity index (χ2n) is 7.23. The zero-order chi connectivity index (χ0) is 20.9. The number of likely N-dealkylation sites (N-methyl/N-ethyl adjacent to an activating group) is 1. The van der Waals surface area contributed by atoms with Gasteiger partial charge in [-0.15, -0.1) is 0 Å². The van der Waals surface area contributed by atoms with Crippen molar-refractivity contribution in [1.82, 2.24) is 24.8 Å². The van der Waals surface area contributed by atoms with E-state index in [1.807, 2.05) is 24.3 Å². The molecule has 2 unspecified atom stereocenters. The second-order valence-corrected chi connectivity index (χ2v) is 8.14. The number of nitrogens with one attached hydrogen (secondary N) is 2. The fourth-order valence-electron chi connectivity index (χ4n) is 3.97. The van der Waals surface area contributed by atoms with Crippen LogP contribution in [0.1, 0.15) is 11.8 Å². The number of fused-ring (bicyclic) bond motifs is 3. The molecule has 0 spiro atoms. The minimum atomic E-state index is -1.44. The molecule has 11 heteroatoms. The van der Waals surface area contributed by atoms with Gasteiger partial charge in [-0.05, 0) is 17.7 Å². The Hall–Kier alpha value is -2.60. The minimum absolute atomic E-state index is 0.00391. The quantitative estimate of drug-likeness (QED) is 0.499. The first-order valence-corrected chi connectivity index (χ1v) is 10.2. The lowest BCUT2D eigenvalue weighted by Crippen LogP contribution is -2.53. The number of aliphatic hydroxyl groups excluding tert-OH is 1. The highest BCUT2D eigenvalue weighted by atomic mass is 79.9. The molecule has 3 aromatic rings. The molecule has 2 bridgehead atoms. The van der Waals surface area contributed by atoms with Crippen molar-refractivity contribution in [1.29, 1.82) is 0 Å². The van der Waals surface area contributed by atoms with Gasteiger partial charge >= 0.3 is 0 Å². The zero-order valence-electron chi connectivity index (χ0n) is 15.9. The average Bonchev–Trinajstić information content (AvgIpc) is 3.42. The Kier molecular flexibility index (Phi) is 4.69. The van der Waals surface area contributed by atoms with E-state index in [1.165, 1.54) is 13.4 Å². The summed E-state index contributed by atoms with van der Waals surface area (Å²) in [7, 11) is 1.50. The Bertz CT molecular complexity index is 1120. The maximum absolute atomic E-state index is 12.3. The first-order valence-electron chi connectivity index (χ1n) is 9.39. The molecule has 1 amide bonds. The van der Waals surface area contributed by atoms with Crippen LogP contribution >= 0.6 is 15.9 Å². The molecule has 3 N–H and O–H groups in total. The van der Waals surface area contributed by atoms with E-state index >= 15 is 0 Å². The number of carbonyl (C=O) groups is 1. The normalized spacial score (nSPS) is 27.5. The van der Waals surface area contributed by atoms with Crippen molar-refractivity contribution in [2.45, 2.75) is 30.6 Å². The van der Waals surface area contributed by atoms with Crippen LogP contribution in [0, 0.1) is 0 Å². The lowest BCUT2D eigenvalue weighted by atomic mass is 9.98. The van der Waals surface area contributed by atoms with Gasteiger partial charge in [0.2, 0.25) is 5.60 Å². The Morgan fingerprint density at radius 3 is 3.07 bits per heavy atom. The van der Waals surface area contributed by atoms with Crippen LogP contribution < -0.4 is 10.6 Å². The Balaban J connectivity index is 1.44. The molecule has 156 valence electrons. The molecule has 2 saturated heterocycles. The van der Waals surface area contributed by atoms with E-state index in [1.54, 1.807) is 10.9 Å². The summed E-state index contributed by atoms with van der Waals surface area (Å²) in [4.78, 5) is 25.4. The van der Waals surface area contributed by atoms with E-state index < -0.39 is 29.9 Å². The van der Waals surface area contributed by atoms with Gasteiger partial charge in [-0.3, -0.25) is 9.36 Å².